The Labute approximate surface area is 216 Å². The van der Waals surface area contributed by atoms with Gasteiger partial charge in [0.15, 0.2) is 17.6 Å². The number of ether oxygens (including phenoxy) is 3. The molecule has 0 spiro atoms. The minimum absolute atomic E-state index is 0.323. The molecule has 0 aliphatic carbocycles. The van der Waals surface area contributed by atoms with Crippen molar-refractivity contribution in [1.82, 2.24) is 0 Å². The lowest BCUT2D eigenvalue weighted by atomic mass is 9.90. The number of hydroxylamine groups is 1. The Kier molecular flexibility index (Phi) is 7.01. The van der Waals surface area contributed by atoms with Crippen LogP contribution in [0.2, 0.25) is 0 Å². The average molecular weight is 503 g/mol. The van der Waals surface area contributed by atoms with Gasteiger partial charge >= 0.3 is 0 Å². The van der Waals surface area contributed by atoms with Gasteiger partial charge in [0.2, 0.25) is 5.91 Å². The Balaban J connectivity index is 1.57. The highest BCUT2D eigenvalue weighted by molar-refractivity contribution is 6.24. The van der Waals surface area contributed by atoms with E-state index in [4.69, 9.17) is 19.0 Å². The van der Waals surface area contributed by atoms with Gasteiger partial charge in [-0.15, -0.1) is 0 Å². The molecule has 0 bridgehead atoms. The first kappa shape index (κ1) is 24.6. The van der Waals surface area contributed by atoms with Crippen LogP contribution in [-0.2, 0) is 14.4 Å². The number of rotatable bonds is 9. The lowest BCUT2D eigenvalue weighted by molar-refractivity contribution is -0.126. The highest BCUT2D eigenvalue weighted by atomic mass is 16.7. The molecule has 3 atom stereocenters. The molecule has 0 N–H and O–H groups in total. The van der Waals surface area contributed by atoms with Crippen molar-refractivity contribution in [1.29, 1.82) is 0 Å². The van der Waals surface area contributed by atoms with E-state index in [2.05, 4.69) is 0 Å². The number of carbonyl (C=O) groups is 2. The second kappa shape index (κ2) is 10.5. The van der Waals surface area contributed by atoms with Crippen LogP contribution in [0.1, 0.15) is 31.9 Å². The summed E-state index contributed by atoms with van der Waals surface area (Å²) in [6, 6.07) is 21.5. The van der Waals surface area contributed by atoms with Gasteiger partial charge in [0.05, 0.1) is 37.7 Å². The van der Waals surface area contributed by atoms with Gasteiger partial charge in [-0.05, 0) is 55.3 Å². The number of fused-ring (bicyclic) bond motifs is 1. The number of amides is 2. The molecule has 0 aromatic heterocycles. The minimum atomic E-state index is -0.963. The molecule has 0 radical (unpaired) electrons. The summed E-state index contributed by atoms with van der Waals surface area (Å²) < 4.78 is 17.1. The number of imide groups is 1. The monoisotopic (exact) mass is 502 g/mol. The van der Waals surface area contributed by atoms with E-state index in [9.17, 15) is 9.59 Å². The van der Waals surface area contributed by atoms with Gasteiger partial charge in [0.1, 0.15) is 11.7 Å². The molecule has 2 heterocycles. The van der Waals surface area contributed by atoms with Gasteiger partial charge < -0.3 is 14.2 Å². The molecule has 0 unspecified atom stereocenters. The topological polar surface area (TPSA) is 77.5 Å². The molecule has 0 saturated carbocycles. The largest absolute Gasteiger partial charge is 0.497 e. The van der Waals surface area contributed by atoms with Crippen molar-refractivity contribution in [2.24, 2.45) is 5.92 Å². The summed E-state index contributed by atoms with van der Waals surface area (Å²) in [5, 5.41) is 1.67. The van der Waals surface area contributed by atoms with Crippen LogP contribution in [0.15, 0.2) is 72.8 Å². The molecule has 5 rings (SSSR count). The SMILES string of the molecule is CCCOc1ccc([C@@H]2[C@H]3C(=O)N(c4cccc(OC)c4)C(=O)[C@H]3ON2c2ccccc2)cc1OCC. The fourth-order valence-corrected chi connectivity index (χ4v) is 4.86. The summed E-state index contributed by atoms with van der Waals surface area (Å²) in [7, 11) is 1.54. The first-order chi connectivity index (χ1) is 18.1. The number of methoxy groups -OCH3 is 1. The Hall–Kier alpha value is -4.04. The predicted molar refractivity (Wildman–Crippen MR) is 139 cm³/mol. The molecule has 8 nitrogen and oxygen atoms in total. The lowest BCUT2D eigenvalue weighted by Gasteiger charge is -2.29. The van der Waals surface area contributed by atoms with E-state index in [1.807, 2.05) is 62.4 Å². The number of carbonyl (C=O) groups excluding carboxylic acids is 2. The summed E-state index contributed by atoms with van der Waals surface area (Å²) in [4.78, 5) is 34.9. The zero-order valence-electron chi connectivity index (χ0n) is 21.1. The van der Waals surface area contributed by atoms with Crippen LogP contribution in [-0.4, -0.2) is 38.2 Å². The number of benzene rings is 3. The third kappa shape index (κ3) is 4.49. The van der Waals surface area contributed by atoms with E-state index in [1.165, 1.54) is 4.90 Å². The molecule has 2 aliphatic heterocycles. The second-order valence-electron chi connectivity index (χ2n) is 8.86. The number of para-hydroxylation sites is 1. The number of hydrogen-bond acceptors (Lipinski definition) is 7. The maximum Gasteiger partial charge on any atom is 0.266 e. The fraction of sp³-hybridized carbons (Fsp3) is 0.310. The van der Waals surface area contributed by atoms with E-state index < -0.39 is 24.0 Å². The molecule has 2 amide bonds. The van der Waals surface area contributed by atoms with Gasteiger partial charge in [0.25, 0.3) is 5.91 Å². The summed E-state index contributed by atoms with van der Waals surface area (Å²) in [6.07, 6.45) is -0.0954. The summed E-state index contributed by atoms with van der Waals surface area (Å²) in [5.74, 6) is 0.307. The molecular weight excluding hydrogens is 472 g/mol. The van der Waals surface area contributed by atoms with E-state index >= 15 is 0 Å². The van der Waals surface area contributed by atoms with Crippen LogP contribution in [0.5, 0.6) is 17.2 Å². The standard InChI is InChI=1S/C29H30N2O6/c1-4-16-36-23-15-14-19(17-24(23)35-5-2)26-25-27(37-31(26)20-10-7-6-8-11-20)29(33)30(28(25)32)21-12-9-13-22(18-21)34-3/h6-15,17-18,25-27H,4-5,16H2,1-3H3/t25-,26-,27+/m1/s1. The van der Waals surface area contributed by atoms with Crippen molar-refractivity contribution in [3.05, 3.63) is 78.4 Å². The van der Waals surface area contributed by atoms with Crippen LogP contribution < -0.4 is 24.2 Å². The normalized spacial score (nSPS) is 20.8. The molecule has 2 aliphatic rings. The molecule has 192 valence electrons. The van der Waals surface area contributed by atoms with Gasteiger partial charge in [-0.2, -0.15) is 0 Å². The van der Waals surface area contributed by atoms with E-state index in [0.717, 1.165) is 17.7 Å². The third-order valence-corrected chi connectivity index (χ3v) is 6.51. The summed E-state index contributed by atoms with van der Waals surface area (Å²) in [6.45, 7) is 4.98. The summed E-state index contributed by atoms with van der Waals surface area (Å²) >= 11 is 0. The van der Waals surface area contributed by atoms with Crippen molar-refractivity contribution >= 4 is 23.2 Å². The van der Waals surface area contributed by atoms with Crippen LogP contribution in [0.25, 0.3) is 0 Å². The minimum Gasteiger partial charge on any atom is -0.497 e. The van der Waals surface area contributed by atoms with Crippen LogP contribution in [0.3, 0.4) is 0 Å². The third-order valence-electron chi connectivity index (χ3n) is 6.51. The Morgan fingerprint density at radius 1 is 0.838 bits per heavy atom. The highest BCUT2D eigenvalue weighted by Crippen LogP contribution is 2.49. The van der Waals surface area contributed by atoms with Gasteiger partial charge in [-0.1, -0.05) is 37.3 Å². The van der Waals surface area contributed by atoms with Crippen LogP contribution in [0, 0.1) is 5.92 Å². The number of hydrogen-bond donors (Lipinski definition) is 0. The average Bonchev–Trinajstić information content (AvgIpc) is 3.44. The molecule has 37 heavy (non-hydrogen) atoms. The predicted octanol–water partition coefficient (Wildman–Crippen LogP) is 4.93. The van der Waals surface area contributed by atoms with Crippen molar-refractivity contribution in [3.8, 4) is 17.2 Å². The number of nitrogens with zero attached hydrogens (tertiary/aromatic N) is 2. The summed E-state index contributed by atoms with van der Waals surface area (Å²) in [5.41, 5.74) is 1.99. The van der Waals surface area contributed by atoms with Crippen LogP contribution in [0.4, 0.5) is 11.4 Å². The van der Waals surface area contributed by atoms with Gasteiger partial charge in [-0.25, -0.2) is 9.96 Å². The first-order valence-corrected chi connectivity index (χ1v) is 12.5. The highest BCUT2D eigenvalue weighted by Gasteiger charge is 2.60. The lowest BCUT2D eigenvalue weighted by Crippen LogP contribution is -2.37. The quantitative estimate of drug-likeness (QED) is 0.384. The van der Waals surface area contributed by atoms with Gasteiger partial charge in [0, 0.05) is 6.07 Å². The van der Waals surface area contributed by atoms with Gasteiger partial charge in [-0.3, -0.25) is 14.4 Å². The van der Waals surface area contributed by atoms with E-state index in [0.29, 0.717) is 36.1 Å². The first-order valence-electron chi connectivity index (χ1n) is 12.5. The zero-order chi connectivity index (χ0) is 25.9. The van der Waals surface area contributed by atoms with Crippen molar-refractivity contribution in [2.75, 3.05) is 30.3 Å². The Morgan fingerprint density at radius 3 is 2.35 bits per heavy atom. The van der Waals surface area contributed by atoms with E-state index in [1.54, 1.807) is 36.4 Å². The Morgan fingerprint density at radius 2 is 1.62 bits per heavy atom. The molecule has 3 aromatic rings. The van der Waals surface area contributed by atoms with E-state index in [-0.39, 0.29) is 5.91 Å². The van der Waals surface area contributed by atoms with Crippen LogP contribution >= 0.6 is 0 Å². The molecular formula is C29H30N2O6. The second-order valence-corrected chi connectivity index (χ2v) is 8.86. The maximum atomic E-state index is 13.9. The molecule has 3 aromatic carbocycles. The van der Waals surface area contributed by atoms with Crippen molar-refractivity contribution < 1.29 is 28.6 Å². The molecule has 8 heteroatoms. The fourth-order valence-electron chi connectivity index (χ4n) is 4.86. The Bertz CT molecular complexity index is 1280. The van der Waals surface area contributed by atoms with Crippen molar-refractivity contribution in [3.63, 3.8) is 0 Å². The molecule has 2 fully saturated rings. The van der Waals surface area contributed by atoms with Crippen molar-refractivity contribution in [2.45, 2.75) is 32.4 Å². The number of anilines is 2. The molecule has 2 saturated heterocycles. The zero-order valence-corrected chi connectivity index (χ0v) is 21.1. The maximum absolute atomic E-state index is 13.9. The smallest absolute Gasteiger partial charge is 0.266 e.